The predicted octanol–water partition coefficient (Wildman–Crippen LogP) is 0.724. The largest absolute Gasteiger partial charge is 0.393 e. The molecule has 0 spiro atoms. The van der Waals surface area contributed by atoms with Crippen LogP contribution in [0.3, 0.4) is 0 Å². The Morgan fingerprint density at radius 2 is 2.03 bits per heavy atom. The lowest BCUT2D eigenvalue weighted by atomic mass is 10.1. The fourth-order valence-corrected chi connectivity index (χ4v) is 4.24. The van der Waals surface area contributed by atoms with Gasteiger partial charge in [0.05, 0.1) is 36.6 Å². The Morgan fingerprint density at radius 1 is 1.24 bits per heavy atom. The molecule has 11 nitrogen and oxygen atoms in total. The first-order valence-electron chi connectivity index (χ1n) is 10.3. The van der Waals surface area contributed by atoms with E-state index in [9.17, 15) is 18.3 Å². The Balaban J connectivity index is 1.44. The molecule has 0 aliphatic heterocycles. The molecule has 0 saturated heterocycles. The van der Waals surface area contributed by atoms with Crippen LogP contribution in [0.15, 0.2) is 55.2 Å². The summed E-state index contributed by atoms with van der Waals surface area (Å²) in [6.07, 6.45) is 5.91. The molecular weight excluding hydrogens is 448 g/mol. The zero-order valence-corrected chi connectivity index (χ0v) is 18.4. The molecule has 1 aromatic carbocycles. The third-order valence-electron chi connectivity index (χ3n) is 5.48. The first-order valence-corrected chi connectivity index (χ1v) is 11.8. The number of hydrogen-bond donors (Lipinski definition) is 3. The fraction of sp³-hybridized carbons (Fsp3) is 0.333. The molecule has 1 aliphatic rings. The minimum Gasteiger partial charge on any atom is -0.393 e. The Labute approximate surface area is 190 Å². The van der Waals surface area contributed by atoms with Crippen LogP contribution in [0.4, 0.5) is 5.82 Å². The molecule has 3 atom stereocenters. The molecule has 1 aliphatic carbocycles. The number of nitrogens with zero attached hydrogens (tertiary/aromatic N) is 4. The lowest BCUT2D eigenvalue weighted by Crippen LogP contribution is -2.24. The second-order valence-electron chi connectivity index (χ2n) is 7.94. The van der Waals surface area contributed by atoms with E-state index in [0.717, 1.165) is 5.56 Å². The second kappa shape index (κ2) is 9.75. The Morgan fingerprint density at radius 3 is 2.79 bits per heavy atom. The standard InChI is InChI=1S/C21H24N6O5S/c22-33(30,31)32-12-15-6-17(7-19(15)28)26-21-18(9-23-13-24-21)20(29)16-8-25-27(11-16)10-14-4-2-1-3-5-14/h1-5,8-9,11,13,15,17,19,28H,6-7,10,12H2,(H2,22,30,31)(H,23,24,26)/t15-,17-,19+/m1/s1. The van der Waals surface area contributed by atoms with Crippen LogP contribution in [0.25, 0.3) is 0 Å². The van der Waals surface area contributed by atoms with Crippen molar-refractivity contribution < 1.29 is 22.5 Å². The van der Waals surface area contributed by atoms with Crippen LogP contribution in [0.2, 0.25) is 0 Å². The lowest BCUT2D eigenvalue weighted by molar-refractivity contribution is 0.101. The van der Waals surface area contributed by atoms with Crippen molar-refractivity contribution >= 4 is 21.9 Å². The number of aliphatic hydroxyl groups excluding tert-OH is 1. The second-order valence-corrected chi connectivity index (χ2v) is 9.17. The molecule has 1 fully saturated rings. The van der Waals surface area contributed by atoms with E-state index >= 15 is 0 Å². The minimum absolute atomic E-state index is 0.214. The van der Waals surface area contributed by atoms with E-state index in [4.69, 9.17) is 5.14 Å². The Hall–Kier alpha value is -3.19. The summed E-state index contributed by atoms with van der Waals surface area (Å²) in [7, 11) is -4.08. The summed E-state index contributed by atoms with van der Waals surface area (Å²) >= 11 is 0. The monoisotopic (exact) mass is 472 g/mol. The highest BCUT2D eigenvalue weighted by atomic mass is 32.2. The van der Waals surface area contributed by atoms with E-state index in [2.05, 4.69) is 24.6 Å². The number of aromatic nitrogens is 4. The van der Waals surface area contributed by atoms with Gasteiger partial charge in [0, 0.05) is 24.4 Å². The average Bonchev–Trinajstić information content (AvgIpc) is 3.38. The van der Waals surface area contributed by atoms with Crippen LogP contribution in [-0.2, 0) is 21.0 Å². The number of carbonyl (C=O) groups is 1. The number of nitrogens with one attached hydrogen (secondary N) is 1. The number of aliphatic hydroxyl groups is 1. The fourth-order valence-electron chi connectivity index (χ4n) is 3.88. The van der Waals surface area contributed by atoms with Crippen molar-refractivity contribution in [3.05, 3.63) is 71.9 Å². The van der Waals surface area contributed by atoms with Crippen LogP contribution in [-0.4, -0.2) is 57.8 Å². The van der Waals surface area contributed by atoms with Gasteiger partial charge in [0.15, 0.2) is 0 Å². The van der Waals surface area contributed by atoms with E-state index in [1.807, 2.05) is 30.3 Å². The average molecular weight is 473 g/mol. The number of ketones is 1. The van der Waals surface area contributed by atoms with Crippen molar-refractivity contribution in [2.75, 3.05) is 11.9 Å². The predicted molar refractivity (Wildman–Crippen MR) is 118 cm³/mol. The van der Waals surface area contributed by atoms with Crippen LogP contribution in [0.1, 0.15) is 34.3 Å². The summed E-state index contributed by atoms with van der Waals surface area (Å²) in [4.78, 5) is 21.3. The number of anilines is 1. The molecule has 12 heteroatoms. The van der Waals surface area contributed by atoms with Crippen molar-refractivity contribution in [3.8, 4) is 0 Å². The maximum atomic E-state index is 13.1. The summed E-state index contributed by atoms with van der Waals surface area (Å²) in [6, 6.07) is 9.53. The van der Waals surface area contributed by atoms with Crippen molar-refractivity contribution in [1.29, 1.82) is 0 Å². The smallest absolute Gasteiger partial charge is 0.333 e. The first kappa shape index (κ1) is 23.0. The number of carbonyl (C=O) groups excluding carboxylic acids is 1. The molecule has 33 heavy (non-hydrogen) atoms. The van der Waals surface area contributed by atoms with Gasteiger partial charge in [-0.3, -0.25) is 13.7 Å². The lowest BCUT2D eigenvalue weighted by Gasteiger charge is -2.15. The zero-order valence-electron chi connectivity index (χ0n) is 17.6. The molecular formula is C21H24N6O5S. The van der Waals surface area contributed by atoms with Gasteiger partial charge in [0.1, 0.15) is 12.1 Å². The normalized spacial score (nSPS) is 20.6. The van der Waals surface area contributed by atoms with Gasteiger partial charge in [-0.15, -0.1) is 0 Å². The maximum Gasteiger partial charge on any atom is 0.333 e. The van der Waals surface area contributed by atoms with E-state index < -0.39 is 22.3 Å². The highest BCUT2D eigenvalue weighted by Gasteiger charge is 2.34. The van der Waals surface area contributed by atoms with Crippen molar-refractivity contribution in [2.45, 2.75) is 31.5 Å². The molecule has 2 heterocycles. The Bertz CT molecular complexity index is 1220. The summed E-state index contributed by atoms with van der Waals surface area (Å²) < 4.78 is 28.3. The molecule has 0 amide bonds. The number of hydrogen-bond acceptors (Lipinski definition) is 9. The van der Waals surface area contributed by atoms with Crippen molar-refractivity contribution in [2.24, 2.45) is 11.1 Å². The summed E-state index contributed by atoms with van der Waals surface area (Å²) in [5.41, 5.74) is 1.73. The number of nitrogens with two attached hydrogens (primary N) is 1. The highest BCUT2D eigenvalue weighted by Crippen LogP contribution is 2.30. The van der Waals surface area contributed by atoms with Gasteiger partial charge in [-0.25, -0.2) is 15.1 Å². The third kappa shape index (κ3) is 5.99. The van der Waals surface area contributed by atoms with Crippen molar-refractivity contribution in [3.63, 3.8) is 0 Å². The van der Waals surface area contributed by atoms with Gasteiger partial charge in [-0.1, -0.05) is 30.3 Å². The summed E-state index contributed by atoms with van der Waals surface area (Å²) in [5, 5.41) is 22.6. The molecule has 174 valence electrons. The number of benzene rings is 1. The number of rotatable bonds is 9. The third-order valence-corrected chi connectivity index (χ3v) is 5.95. The van der Waals surface area contributed by atoms with Crippen molar-refractivity contribution in [1.82, 2.24) is 19.7 Å². The van der Waals surface area contributed by atoms with E-state index in [1.165, 1.54) is 18.7 Å². The van der Waals surface area contributed by atoms with E-state index in [-0.39, 0.29) is 24.0 Å². The topological polar surface area (TPSA) is 162 Å². The molecule has 1 saturated carbocycles. The molecule has 3 aromatic rings. The van der Waals surface area contributed by atoms with Gasteiger partial charge >= 0.3 is 10.3 Å². The summed E-state index contributed by atoms with van der Waals surface area (Å²) in [5.74, 6) is -0.376. The van der Waals surface area contributed by atoms with Gasteiger partial charge in [-0.05, 0) is 18.4 Å². The quantitative estimate of drug-likeness (QED) is 0.381. The molecule has 2 aromatic heterocycles. The van der Waals surface area contributed by atoms with Crippen LogP contribution < -0.4 is 10.5 Å². The minimum atomic E-state index is -4.08. The van der Waals surface area contributed by atoms with Crippen LogP contribution in [0.5, 0.6) is 0 Å². The zero-order chi connectivity index (χ0) is 23.4. The van der Waals surface area contributed by atoms with Gasteiger partial charge in [0.2, 0.25) is 5.78 Å². The highest BCUT2D eigenvalue weighted by molar-refractivity contribution is 7.84. The first-order chi connectivity index (χ1) is 15.8. The van der Waals surface area contributed by atoms with E-state index in [0.29, 0.717) is 30.8 Å². The van der Waals surface area contributed by atoms with Gasteiger partial charge in [0.25, 0.3) is 0 Å². The van der Waals surface area contributed by atoms with Gasteiger partial charge in [-0.2, -0.15) is 13.5 Å². The molecule has 0 unspecified atom stereocenters. The van der Waals surface area contributed by atoms with Crippen LogP contribution in [0, 0.1) is 5.92 Å². The Kier molecular flexibility index (Phi) is 6.79. The molecule has 4 rings (SSSR count). The van der Waals surface area contributed by atoms with Crippen LogP contribution >= 0.6 is 0 Å². The van der Waals surface area contributed by atoms with Gasteiger partial charge < -0.3 is 10.4 Å². The maximum absolute atomic E-state index is 13.1. The molecule has 4 N–H and O–H groups in total. The van der Waals surface area contributed by atoms with E-state index in [1.54, 1.807) is 10.9 Å². The molecule has 0 bridgehead atoms. The SMILES string of the molecule is NS(=O)(=O)OC[C@H]1C[C@@H](Nc2ncncc2C(=O)c2cnn(Cc3ccccc3)c2)C[C@@H]1O. The molecule has 0 radical (unpaired) electrons. The summed E-state index contributed by atoms with van der Waals surface area (Å²) in [6.45, 7) is 0.320.